The van der Waals surface area contributed by atoms with E-state index >= 15 is 0 Å². The number of hydroxylamine groups is 2. The summed E-state index contributed by atoms with van der Waals surface area (Å²) in [6.07, 6.45) is 2.15. The summed E-state index contributed by atoms with van der Waals surface area (Å²) in [5.74, 6) is -0.867. The van der Waals surface area contributed by atoms with Gasteiger partial charge in [0.25, 0.3) is 5.91 Å². The highest BCUT2D eigenvalue weighted by molar-refractivity contribution is 5.98. The number of nitrogens with one attached hydrogen (secondary N) is 2. The van der Waals surface area contributed by atoms with Gasteiger partial charge in [-0.2, -0.15) is 0 Å². The topological polar surface area (TPSA) is 132 Å². The van der Waals surface area contributed by atoms with Crippen LogP contribution >= 0.6 is 0 Å². The van der Waals surface area contributed by atoms with Gasteiger partial charge in [0.15, 0.2) is 5.78 Å². The summed E-state index contributed by atoms with van der Waals surface area (Å²) in [5, 5.41) is 25.8. The van der Waals surface area contributed by atoms with Crippen molar-refractivity contribution in [3.05, 3.63) is 89.7 Å². The van der Waals surface area contributed by atoms with Crippen molar-refractivity contribution in [1.82, 2.24) is 20.7 Å². The zero-order chi connectivity index (χ0) is 28.2. The van der Waals surface area contributed by atoms with Crippen molar-refractivity contribution in [3.8, 4) is 11.1 Å². The summed E-state index contributed by atoms with van der Waals surface area (Å²) in [6.45, 7) is 3.75. The van der Waals surface area contributed by atoms with E-state index in [2.05, 4.69) is 34.7 Å². The SMILES string of the molecule is CCc1ccc(-c2ccc(C(=O)N[C@H](C(=O)CCCN(O)C(=O)NCCc3ccccn3)[C@@H](C)O)cc2)cc1. The Hall–Kier alpha value is -4.08. The highest BCUT2D eigenvalue weighted by Gasteiger charge is 2.26. The number of Topliss-reactive ketones (excluding diaryl/α,β-unsaturated/α-hetero) is 1. The molecule has 0 radical (unpaired) electrons. The number of hydrogen-bond acceptors (Lipinski definition) is 6. The molecule has 3 aromatic rings. The van der Waals surface area contributed by atoms with Crippen LogP contribution in [0.25, 0.3) is 11.1 Å². The Kier molecular flexibility index (Phi) is 11.1. The molecule has 1 aromatic heterocycles. The molecule has 2 aromatic carbocycles. The van der Waals surface area contributed by atoms with Gasteiger partial charge >= 0.3 is 6.03 Å². The van der Waals surface area contributed by atoms with Crippen LogP contribution in [0.15, 0.2) is 72.9 Å². The Bertz CT molecular complexity index is 1210. The fourth-order valence-electron chi connectivity index (χ4n) is 4.04. The minimum atomic E-state index is -1.11. The standard InChI is InChI=1S/C30H36N4O5/c1-3-22-9-11-23(12-10-22)24-13-15-25(16-14-24)29(37)33-28(21(2)35)27(36)8-6-20-34(39)30(38)32-19-17-26-7-4-5-18-31-26/h4-5,7,9-16,18,21,28,35,39H,3,6,8,17,19-20H2,1-2H3,(H,32,38)(H,33,37)/t21-,28+/m1/s1. The summed E-state index contributed by atoms with van der Waals surface area (Å²) >= 11 is 0. The molecule has 0 aliphatic rings. The third-order valence-corrected chi connectivity index (χ3v) is 6.37. The smallest absolute Gasteiger partial charge is 0.341 e. The van der Waals surface area contributed by atoms with Gasteiger partial charge in [-0.05, 0) is 60.7 Å². The molecule has 9 heteroatoms. The first-order valence-corrected chi connectivity index (χ1v) is 13.1. The maximum Gasteiger partial charge on any atom is 0.341 e. The number of ketones is 1. The van der Waals surface area contributed by atoms with Crippen molar-refractivity contribution in [3.63, 3.8) is 0 Å². The number of benzene rings is 2. The van der Waals surface area contributed by atoms with E-state index in [0.29, 0.717) is 23.6 Å². The molecule has 2 atom stereocenters. The summed E-state index contributed by atoms with van der Waals surface area (Å²) in [6, 6.07) is 19.0. The molecule has 3 amide bonds. The highest BCUT2D eigenvalue weighted by Crippen LogP contribution is 2.21. The largest absolute Gasteiger partial charge is 0.391 e. The number of pyridine rings is 1. The zero-order valence-electron chi connectivity index (χ0n) is 22.3. The van der Waals surface area contributed by atoms with E-state index in [1.165, 1.54) is 12.5 Å². The van der Waals surface area contributed by atoms with Gasteiger partial charge in [0.1, 0.15) is 6.04 Å². The monoisotopic (exact) mass is 532 g/mol. The molecule has 0 unspecified atom stereocenters. The van der Waals surface area contributed by atoms with Crippen LogP contribution in [0.2, 0.25) is 0 Å². The first-order valence-electron chi connectivity index (χ1n) is 13.1. The molecule has 0 aliphatic heterocycles. The molecule has 9 nitrogen and oxygen atoms in total. The van der Waals surface area contributed by atoms with E-state index in [4.69, 9.17) is 0 Å². The second-order valence-corrected chi connectivity index (χ2v) is 9.32. The summed E-state index contributed by atoms with van der Waals surface area (Å²) in [5.41, 5.74) is 4.43. The van der Waals surface area contributed by atoms with Crippen molar-refractivity contribution < 1.29 is 24.7 Å². The van der Waals surface area contributed by atoms with Gasteiger partial charge in [-0.15, -0.1) is 0 Å². The van der Waals surface area contributed by atoms with Crippen LogP contribution in [-0.4, -0.2) is 63.3 Å². The Morgan fingerprint density at radius 3 is 2.23 bits per heavy atom. The van der Waals surface area contributed by atoms with Gasteiger partial charge in [-0.25, -0.2) is 9.86 Å². The predicted octanol–water partition coefficient (Wildman–Crippen LogP) is 3.78. The number of carbonyl (C=O) groups is 3. The average Bonchev–Trinajstić information content (AvgIpc) is 2.96. The summed E-state index contributed by atoms with van der Waals surface area (Å²) in [7, 11) is 0. The molecule has 0 spiro atoms. The molecule has 0 fully saturated rings. The number of aliphatic hydroxyl groups is 1. The van der Waals surface area contributed by atoms with E-state index < -0.39 is 29.9 Å². The average molecular weight is 533 g/mol. The molecule has 0 saturated carbocycles. The maximum absolute atomic E-state index is 12.8. The van der Waals surface area contributed by atoms with Crippen molar-refractivity contribution in [1.29, 1.82) is 0 Å². The van der Waals surface area contributed by atoms with Crippen molar-refractivity contribution in [2.24, 2.45) is 0 Å². The molecule has 1 heterocycles. The van der Waals surface area contributed by atoms with Gasteiger partial charge in [-0.3, -0.25) is 19.8 Å². The highest BCUT2D eigenvalue weighted by atomic mass is 16.5. The normalized spacial score (nSPS) is 12.3. The third-order valence-electron chi connectivity index (χ3n) is 6.37. The lowest BCUT2D eigenvalue weighted by Crippen LogP contribution is -2.48. The van der Waals surface area contributed by atoms with Crippen LogP contribution in [-0.2, 0) is 17.6 Å². The van der Waals surface area contributed by atoms with Crippen LogP contribution in [0.5, 0.6) is 0 Å². The number of hydrogen-bond donors (Lipinski definition) is 4. The summed E-state index contributed by atoms with van der Waals surface area (Å²) < 4.78 is 0. The van der Waals surface area contributed by atoms with Gasteiger partial charge in [-0.1, -0.05) is 49.4 Å². The number of carbonyl (C=O) groups excluding carboxylic acids is 3. The van der Waals surface area contributed by atoms with Gasteiger partial charge < -0.3 is 15.7 Å². The van der Waals surface area contributed by atoms with E-state index in [1.807, 2.05) is 36.4 Å². The summed E-state index contributed by atoms with van der Waals surface area (Å²) in [4.78, 5) is 41.8. The minimum Gasteiger partial charge on any atom is -0.391 e. The lowest BCUT2D eigenvalue weighted by Gasteiger charge is -2.21. The first kappa shape index (κ1) is 29.5. The first-order chi connectivity index (χ1) is 18.8. The maximum atomic E-state index is 12.8. The number of amides is 3. The van der Waals surface area contributed by atoms with Crippen molar-refractivity contribution in [2.45, 2.75) is 51.7 Å². The van der Waals surface area contributed by atoms with Gasteiger partial charge in [0.05, 0.1) is 12.6 Å². The van der Waals surface area contributed by atoms with E-state index in [1.54, 1.807) is 24.4 Å². The van der Waals surface area contributed by atoms with Gasteiger partial charge in [0.2, 0.25) is 0 Å². The molecular formula is C30H36N4O5. The van der Waals surface area contributed by atoms with Crippen molar-refractivity contribution >= 4 is 17.7 Å². The predicted molar refractivity (Wildman–Crippen MR) is 148 cm³/mol. The van der Waals surface area contributed by atoms with Crippen LogP contribution in [0.1, 0.15) is 48.3 Å². The van der Waals surface area contributed by atoms with E-state index in [0.717, 1.165) is 23.2 Å². The molecule has 206 valence electrons. The Morgan fingerprint density at radius 1 is 0.974 bits per heavy atom. The molecule has 0 bridgehead atoms. The quantitative estimate of drug-likeness (QED) is 0.196. The molecule has 3 rings (SSSR count). The molecule has 39 heavy (non-hydrogen) atoms. The van der Waals surface area contributed by atoms with Crippen molar-refractivity contribution in [2.75, 3.05) is 13.1 Å². The van der Waals surface area contributed by atoms with Crippen LogP contribution < -0.4 is 10.6 Å². The number of nitrogens with zero attached hydrogens (tertiary/aromatic N) is 2. The van der Waals surface area contributed by atoms with Crippen LogP contribution in [0.3, 0.4) is 0 Å². The minimum absolute atomic E-state index is 0.0409. The number of rotatable bonds is 13. The zero-order valence-corrected chi connectivity index (χ0v) is 22.3. The lowest BCUT2D eigenvalue weighted by molar-refractivity contribution is -0.123. The fourth-order valence-corrected chi connectivity index (χ4v) is 4.04. The lowest BCUT2D eigenvalue weighted by atomic mass is 10.0. The second-order valence-electron chi connectivity index (χ2n) is 9.32. The van der Waals surface area contributed by atoms with Crippen LogP contribution in [0, 0.1) is 0 Å². The van der Waals surface area contributed by atoms with E-state index in [-0.39, 0.29) is 19.4 Å². The molecule has 4 N–H and O–H groups in total. The molecule has 0 saturated heterocycles. The number of aliphatic hydroxyl groups excluding tert-OH is 1. The van der Waals surface area contributed by atoms with Crippen LogP contribution in [0.4, 0.5) is 4.79 Å². The van der Waals surface area contributed by atoms with Gasteiger partial charge in [0, 0.05) is 36.8 Å². The van der Waals surface area contributed by atoms with E-state index in [9.17, 15) is 24.7 Å². The fraction of sp³-hybridized carbons (Fsp3) is 0.333. The Morgan fingerprint density at radius 2 is 1.64 bits per heavy atom. The Balaban J connectivity index is 1.45. The number of aromatic nitrogens is 1. The number of aryl methyl sites for hydroxylation is 1. The number of urea groups is 1. The molecular weight excluding hydrogens is 496 g/mol. The Labute approximate surface area is 228 Å². The second kappa shape index (κ2) is 14.8. The third kappa shape index (κ3) is 9.01. The molecule has 0 aliphatic carbocycles.